The summed E-state index contributed by atoms with van der Waals surface area (Å²) < 4.78 is 11.4. The number of hydrogen-bond acceptors (Lipinski definition) is 8. The van der Waals surface area contributed by atoms with E-state index in [-0.39, 0.29) is 5.91 Å². The van der Waals surface area contributed by atoms with Gasteiger partial charge in [0.05, 0.1) is 6.61 Å². The number of anilines is 1. The third-order valence-corrected chi connectivity index (χ3v) is 7.44. The minimum absolute atomic E-state index is 0.206. The van der Waals surface area contributed by atoms with Crippen LogP contribution in [0.25, 0.3) is 5.57 Å². The summed E-state index contributed by atoms with van der Waals surface area (Å²) in [7, 11) is 2.16. The lowest BCUT2D eigenvalue weighted by Crippen LogP contribution is -2.41. The first-order valence-electron chi connectivity index (χ1n) is 14.0. The van der Waals surface area contributed by atoms with Crippen molar-refractivity contribution in [1.82, 2.24) is 15.0 Å². The zero-order valence-electron chi connectivity index (χ0n) is 24.4. The lowest BCUT2D eigenvalue weighted by molar-refractivity contribution is -0.159. The van der Waals surface area contributed by atoms with Crippen molar-refractivity contribution in [2.24, 2.45) is 5.92 Å². The summed E-state index contributed by atoms with van der Waals surface area (Å²) in [4.78, 5) is 38.9. The monoisotopic (exact) mass is 588 g/mol. The number of carboxylic acids is 2. The van der Waals surface area contributed by atoms with Crippen LogP contribution in [0, 0.1) is 12.8 Å². The molecule has 2 aliphatic rings. The second-order valence-electron chi connectivity index (χ2n) is 10.9. The molecule has 1 amide bonds. The summed E-state index contributed by atoms with van der Waals surface area (Å²) in [5, 5.41) is 22.0. The van der Waals surface area contributed by atoms with E-state index < -0.39 is 17.4 Å². The summed E-state index contributed by atoms with van der Waals surface area (Å²) in [5.74, 6) is -1.80. The normalized spacial score (nSPS) is 20.1. The van der Waals surface area contributed by atoms with E-state index in [2.05, 4.69) is 46.5 Å². The Morgan fingerprint density at radius 2 is 1.84 bits per heavy atom. The van der Waals surface area contributed by atoms with E-state index in [4.69, 9.17) is 29.1 Å². The maximum absolute atomic E-state index is 13.9. The van der Waals surface area contributed by atoms with Gasteiger partial charge in [-0.3, -0.25) is 4.79 Å². The number of hydrogen-bond donors (Lipinski definition) is 3. The molecule has 1 aliphatic carbocycles. The molecule has 11 nitrogen and oxygen atoms in total. The Morgan fingerprint density at radius 3 is 2.47 bits per heavy atom. The number of aryl methyl sites for hydroxylation is 1. The standard InChI is InChI=1S/C30H34N4O3.C2H2O4/c1-21-18-30(28-31-22(2)37-33-28,15-14-27(21)24-10-5-4-6-11-24)29(35)32-25-12-7-13-26(17-25)36-20-23-9-8-16-34(3)19-23;3-1(4)2(5)6/h4-7,10-15,17,23H,8-9,16,18-20H2,1-3H3,(H,32,35);(H,3,4)(H,5,6). The minimum atomic E-state index is -1.82. The molecule has 2 unspecified atom stereocenters. The SMILES string of the molecule is CC1=C(c2ccccc2)C=CC(C(=O)Nc2cccc(OCC3CCCN(C)C3)c2)(c2noc(C)n2)C1.O=C(O)C(=O)O. The van der Waals surface area contributed by atoms with Crippen molar-refractivity contribution in [2.45, 2.75) is 38.5 Å². The molecule has 3 aromatic rings. The van der Waals surface area contributed by atoms with Crippen molar-refractivity contribution in [3.63, 3.8) is 0 Å². The number of carboxylic acid groups (broad SMARTS) is 2. The molecule has 0 radical (unpaired) electrons. The predicted molar refractivity (Wildman–Crippen MR) is 160 cm³/mol. The highest BCUT2D eigenvalue weighted by molar-refractivity contribution is 6.27. The molecule has 0 spiro atoms. The highest BCUT2D eigenvalue weighted by Crippen LogP contribution is 2.40. The maximum Gasteiger partial charge on any atom is 0.414 e. The third kappa shape index (κ3) is 7.95. The zero-order valence-corrected chi connectivity index (χ0v) is 24.4. The Bertz CT molecular complexity index is 1500. The highest BCUT2D eigenvalue weighted by atomic mass is 16.5. The van der Waals surface area contributed by atoms with Crippen molar-refractivity contribution in [2.75, 3.05) is 32.1 Å². The highest BCUT2D eigenvalue weighted by Gasteiger charge is 2.44. The molecule has 2 aromatic carbocycles. The third-order valence-electron chi connectivity index (χ3n) is 7.44. The van der Waals surface area contributed by atoms with Gasteiger partial charge in [-0.2, -0.15) is 4.98 Å². The molecule has 0 bridgehead atoms. The predicted octanol–water partition coefficient (Wildman–Crippen LogP) is 4.56. The van der Waals surface area contributed by atoms with Gasteiger partial charge in [0.1, 0.15) is 11.2 Å². The first-order valence-corrected chi connectivity index (χ1v) is 14.0. The van der Waals surface area contributed by atoms with Crippen molar-refractivity contribution >= 4 is 29.1 Å². The van der Waals surface area contributed by atoms with Crippen LogP contribution in [-0.2, 0) is 19.8 Å². The number of carbonyl (C=O) groups is 3. The molecule has 43 heavy (non-hydrogen) atoms. The second kappa shape index (κ2) is 13.9. The van der Waals surface area contributed by atoms with Crippen LogP contribution in [0.5, 0.6) is 5.75 Å². The van der Waals surface area contributed by atoms with Crippen LogP contribution in [0.15, 0.2) is 76.8 Å². The van der Waals surface area contributed by atoms with Crippen molar-refractivity contribution < 1.29 is 33.9 Å². The fourth-order valence-corrected chi connectivity index (χ4v) is 5.32. The van der Waals surface area contributed by atoms with Gasteiger partial charge in [-0.25, -0.2) is 9.59 Å². The number of amides is 1. The molecule has 11 heteroatoms. The summed E-state index contributed by atoms with van der Waals surface area (Å²) in [5.41, 5.74) is 2.90. The number of allylic oxidation sites excluding steroid dienone is 3. The number of likely N-dealkylation sites (tertiary alicyclic amines) is 1. The van der Waals surface area contributed by atoms with Crippen LogP contribution < -0.4 is 10.1 Å². The summed E-state index contributed by atoms with van der Waals surface area (Å²) in [6.07, 6.45) is 6.73. The average Bonchev–Trinajstić information content (AvgIpc) is 3.43. The number of nitrogens with zero attached hydrogens (tertiary/aromatic N) is 3. The number of piperidine rings is 1. The molecule has 2 atom stereocenters. The Kier molecular flexibility index (Phi) is 10.1. The minimum Gasteiger partial charge on any atom is -0.493 e. The number of nitrogens with one attached hydrogen (secondary N) is 1. The number of carbonyl (C=O) groups excluding carboxylic acids is 1. The van der Waals surface area contributed by atoms with Gasteiger partial charge < -0.3 is 29.7 Å². The lowest BCUT2D eigenvalue weighted by atomic mass is 9.74. The van der Waals surface area contributed by atoms with E-state index in [1.165, 1.54) is 12.8 Å². The van der Waals surface area contributed by atoms with Crippen LogP contribution >= 0.6 is 0 Å². The fourth-order valence-electron chi connectivity index (χ4n) is 5.32. The molecule has 226 valence electrons. The van der Waals surface area contributed by atoms with Crippen molar-refractivity contribution in [3.05, 3.63) is 89.6 Å². The van der Waals surface area contributed by atoms with E-state index in [9.17, 15) is 4.79 Å². The summed E-state index contributed by atoms with van der Waals surface area (Å²) in [6.45, 7) is 6.65. The van der Waals surface area contributed by atoms with Crippen LogP contribution in [0.2, 0.25) is 0 Å². The van der Waals surface area contributed by atoms with Crippen molar-refractivity contribution in [3.8, 4) is 5.75 Å². The largest absolute Gasteiger partial charge is 0.493 e. The molecular formula is C32H36N4O7. The molecule has 5 rings (SSSR count). The molecule has 3 N–H and O–H groups in total. The summed E-state index contributed by atoms with van der Waals surface area (Å²) in [6, 6.07) is 17.8. The number of ether oxygens (including phenoxy) is 1. The summed E-state index contributed by atoms with van der Waals surface area (Å²) >= 11 is 0. The molecule has 1 fully saturated rings. The van der Waals surface area contributed by atoms with Crippen LogP contribution in [0.3, 0.4) is 0 Å². The Hall–Kier alpha value is -4.77. The maximum atomic E-state index is 13.9. The van der Waals surface area contributed by atoms with Gasteiger partial charge in [0.2, 0.25) is 11.8 Å². The van der Waals surface area contributed by atoms with Gasteiger partial charge in [0.15, 0.2) is 5.82 Å². The van der Waals surface area contributed by atoms with E-state index >= 15 is 0 Å². The quantitative estimate of drug-likeness (QED) is 0.334. The van der Waals surface area contributed by atoms with Crippen LogP contribution in [0.1, 0.15) is 43.5 Å². The Balaban J connectivity index is 0.000000641. The Morgan fingerprint density at radius 1 is 1.09 bits per heavy atom. The number of aliphatic carboxylic acids is 2. The van der Waals surface area contributed by atoms with E-state index in [1.807, 2.05) is 54.6 Å². The smallest absolute Gasteiger partial charge is 0.414 e. The fraction of sp³-hybridized carbons (Fsp3) is 0.344. The average molecular weight is 589 g/mol. The van der Waals surface area contributed by atoms with E-state index in [0.717, 1.165) is 35.5 Å². The van der Waals surface area contributed by atoms with Gasteiger partial charge in [-0.15, -0.1) is 0 Å². The number of rotatable bonds is 7. The van der Waals surface area contributed by atoms with E-state index in [1.54, 1.807) is 6.92 Å². The first kappa shape index (κ1) is 31.2. The first-order chi connectivity index (χ1) is 20.6. The van der Waals surface area contributed by atoms with Gasteiger partial charge in [-0.05, 0) is 63.0 Å². The molecule has 1 aliphatic heterocycles. The van der Waals surface area contributed by atoms with Gasteiger partial charge in [0, 0.05) is 31.1 Å². The van der Waals surface area contributed by atoms with Gasteiger partial charge in [0.25, 0.3) is 0 Å². The van der Waals surface area contributed by atoms with Crippen molar-refractivity contribution in [1.29, 1.82) is 0 Å². The van der Waals surface area contributed by atoms with Crippen LogP contribution in [0.4, 0.5) is 5.69 Å². The molecule has 0 saturated carbocycles. The molecule has 2 heterocycles. The lowest BCUT2D eigenvalue weighted by Gasteiger charge is -2.31. The van der Waals surface area contributed by atoms with Gasteiger partial charge >= 0.3 is 11.9 Å². The van der Waals surface area contributed by atoms with Crippen LogP contribution in [-0.4, -0.2) is 69.8 Å². The molecule has 1 saturated heterocycles. The number of benzene rings is 2. The number of aromatic nitrogens is 2. The van der Waals surface area contributed by atoms with Gasteiger partial charge in [-0.1, -0.05) is 59.3 Å². The second-order valence-corrected chi connectivity index (χ2v) is 10.9. The zero-order chi connectivity index (χ0) is 31.0. The molecule has 1 aromatic heterocycles. The molecular weight excluding hydrogens is 552 g/mol. The Labute approximate surface area is 249 Å². The topological polar surface area (TPSA) is 155 Å². The van der Waals surface area contributed by atoms with E-state index in [0.29, 0.717) is 36.3 Å².